The third kappa shape index (κ3) is 2.84. The van der Waals surface area contributed by atoms with Crippen molar-refractivity contribution in [2.45, 2.75) is 31.5 Å². The third-order valence-electron chi connectivity index (χ3n) is 3.22. The molecule has 0 aliphatic carbocycles. The summed E-state index contributed by atoms with van der Waals surface area (Å²) in [6.45, 7) is 6.73. The SMILES string of the molecule is CC(C)(C)c1ccc(-c2ccccc2CBr)cc1. The van der Waals surface area contributed by atoms with Crippen LogP contribution in [-0.2, 0) is 10.7 Å². The Kier molecular flexibility index (Phi) is 3.91. The van der Waals surface area contributed by atoms with Crippen molar-refractivity contribution < 1.29 is 0 Å². The second-order valence-electron chi connectivity index (χ2n) is 5.62. The summed E-state index contributed by atoms with van der Waals surface area (Å²) in [5.41, 5.74) is 5.53. The zero-order valence-corrected chi connectivity index (χ0v) is 12.8. The van der Waals surface area contributed by atoms with Gasteiger partial charge in [0.1, 0.15) is 0 Å². The Morgan fingerprint density at radius 2 is 1.50 bits per heavy atom. The molecule has 0 bridgehead atoms. The summed E-state index contributed by atoms with van der Waals surface area (Å²) >= 11 is 3.55. The Balaban J connectivity index is 2.41. The van der Waals surface area contributed by atoms with Crippen molar-refractivity contribution in [2.75, 3.05) is 0 Å². The van der Waals surface area contributed by atoms with Crippen LogP contribution in [0.4, 0.5) is 0 Å². The van der Waals surface area contributed by atoms with Gasteiger partial charge in [0.15, 0.2) is 0 Å². The molecule has 0 aliphatic heterocycles. The zero-order valence-electron chi connectivity index (χ0n) is 11.2. The molecule has 18 heavy (non-hydrogen) atoms. The fourth-order valence-corrected chi connectivity index (χ4v) is 2.56. The van der Waals surface area contributed by atoms with Gasteiger partial charge in [0.25, 0.3) is 0 Å². The largest absolute Gasteiger partial charge is 0.0876 e. The van der Waals surface area contributed by atoms with Crippen LogP contribution >= 0.6 is 15.9 Å². The normalized spacial score (nSPS) is 11.6. The van der Waals surface area contributed by atoms with E-state index in [0.29, 0.717) is 0 Å². The molecule has 1 heteroatoms. The Labute approximate surface area is 118 Å². The number of benzene rings is 2. The predicted molar refractivity (Wildman–Crippen MR) is 83.2 cm³/mol. The highest BCUT2D eigenvalue weighted by Gasteiger charge is 2.13. The molecule has 0 aliphatic rings. The number of hydrogen-bond acceptors (Lipinski definition) is 0. The van der Waals surface area contributed by atoms with E-state index in [2.05, 4.69) is 85.2 Å². The van der Waals surface area contributed by atoms with Crippen LogP contribution in [0.3, 0.4) is 0 Å². The molecule has 0 amide bonds. The highest BCUT2D eigenvalue weighted by molar-refractivity contribution is 9.08. The molecule has 2 aromatic carbocycles. The monoisotopic (exact) mass is 302 g/mol. The van der Waals surface area contributed by atoms with Gasteiger partial charge in [-0.05, 0) is 27.7 Å². The van der Waals surface area contributed by atoms with Gasteiger partial charge >= 0.3 is 0 Å². The second-order valence-corrected chi connectivity index (χ2v) is 6.18. The smallest absolute Gasteiger partial charge is 0.0289 e. The molecule has 0 atom stereocenters. The van der Waals surface area contributed by atoms with Crippen LogP contribution < -0.4 is 0 Å². The number of hydrogen-bond donors (Lipinski definition) is 0. The first-order valence-electron chi connectivity index (χ1n) is 6.27. The Bertz CT molecular complexity index is 518. The minimum atomic E-state index is 0.216. The second kappa shape index (κ2) is 5.27. The van der Waals surface area contributed by atoms with E-state index in [4.69, 9.17) is 0 Å². The summed E-state index contributed by atoms with van der Waals surface area (Å²) in [6.07, 6.45) is 0. The van der Waals surface area contributed by atoms with E-state index in [0.717, 1.165) is 5.33 Å². The van der Waals surface area contributed by atoms with Gasteiger partial charge in [0.05, 0.1) is 0 Å². The molecule has 2 aromatic rings. The molecule has 0 nitrogen and oxygen atoms in total. The number of rotatable bonds is 2. The molecular weight excluding hydrogens is 284 g/mol. The quantitative estimate of drug-likeness (QED) is 0.638. The van der Waals surface area contributed by atoms with E-state index in [-0.39, 0.29) is 5.41 Å². The lowest BCUT2D eigenvalue weighted by Gasteiger charge is -2.19. The minimum Gasteiger partial charge on any atom is -0.0876 e. The summed E-state index contributed by atoms with van der Waals surface area (Å²) in [4.78, 5) is 0. The van der Waals surface area contributed by atoms with Gasteiger partial charge in [-0.1, -0.05) is 85.2 Å². The molecular formula is C17H19Br. The highest BCUT2D eigenvalue weighted by Crippen LogP contribution is 2.28. The Morgan fingerprint density at radius 3 is 2.06 bits per heavy atom. The van der Waals surface area contributed by atoms with Gasteiger partial charge in [-0.15, -0.1) is 0 Å². The van der Waals surface area contributed by atoms with Crippen LogP contribution in [0.15, 0.2) is 48.5 Å². The first-order valence-corrected chi connectivity index (χ1v) is 7.39. The minimum absolute atomic E-state index is 0.216. The molecule has 0 saturated carbocycles. The summed E-state index contributed by atoms with van der Waals surface area (Å²) in [5, 5.41) is 0.893. The standard InChI is InChI=1S/C17H19Br/c1-17(2,3)15-10-8-13(9-11-15)16-7-5-4-6-14(16)12-18/h4-11H,12H2,1-3H3. The van der Waals surface area contributed by atoms with Gasteiger partial charge in [0, 0.05) is 5.33 Å². The van der Waals surface area contributed by atoms with E-state index < -0.39 is 0 Å². The van der Waals surface area contributed by atoms with Crippen LogP contribution in [0, 0.1) is 0 Å². The molecule has 0 radical (unpaired) electrons. The molecule has 0 spiro atoms. The molecule has 2 rings (SSSR count). The van der Waals surface area contributed by atoms with Gasteiger partial charge in [-0.3, -0.25) is 0 Å². The fourth-order valence-electron chi connectivity index (χ4n) is 2.07. The summed E-state index contributed by atoms with van der Waals surface area (Å²) < 4.78 is 0. The van der Waals surface area contributed by atoms with Crippen LogP contribution in [0.1, 0.15) is 31.9 Å². The predicted octanol–water partition coefficient (Wildman–Crippen LogP) is 5.55. The Hall–Kier alpha value is -1.08. The topological polar surface area (TPSA) is 0 Å². The Morgan fingerprint density at radius 1 is 0.889 bits per heavy atom. The van der Waals surface area contributed by atoms with Gasteiger partial charge in [-0.2, -0.15) is 0 Å². The van der Waals surface area contributed by atoms with E-state index in [9.17, 15) is 0 Å². The van der Waals surface area contributed by atoms with Crippen molar-refractivity contribution in [3.63, 3.8) is 0 Å². The van der Waals surface area contributed by atoms with Crippen LogP contribution in [-0.4, -0.2) is 0 Å². The average molecular weight is 303 g/mol. The van der Waals surface area contributed by atoms with Crippen molar-refractivity contribution in [1.29, 1.82) is 0 Å². The maximum Gasteiger partial charge on any atom is 0.0289 e. The van der Waals surface area contributed by atoms with Gasteiger partial charge in [0.2, 0.25) is 0 Å². The lowest BCUT2D eigenvalue weighted by atomic mass is 9.86. The van der Waals surface area contributed by atoms with E-state index in [1.54, 1.807) is 0 Å². The molecule has 0 heterocycles. The van der Waals surface area contributed by atoms with E-state index >= 15 is 0 Å². The molecule has 0 N–H and O–H groups in total. The van der Waals surface area contributed by atoms with E-state index in [1.165, 1.54) is 22.3 Å². The zero-order chi connectivity index (χ0) is 13.2. The third-order valence-corrected chi connectivity index (χ3v) is 3.83. The first-order chi connectivity index (χ1) is 8.52. The van der Waals surface area contributed by atoms with Crippen molar-refractivity contribution in [1.82, 2.24) is 0 Å². The van der Waals surface area contributed by atoms with Crippen molar-refractivity contribution in [2.24, 2.45) is 0 Å². The summed E-state index contributed by atoms with van der Waals surface area (Å²) in [7, 11) is 0. The summed E-state index contributed by atoms with van der Waals surface area (Å²) in [5.74, 6) is 0. The van der Waals surface area contributed by atoms with E-state index in [1.807, 2.05) is 0 Å². The van der Waals surface area contributed by atoms with Crippen molar-refractivity contribution in [3.8, 4) is 11.1 Å². The van der Waals surface area contributed by atoms with Gasteiger partial charge in [-0.25, -0.2) is 0 Å². The lowest BCUT2D eigenvalue weighted by Crippen LogP contribution is -2.10. The van der Waals surface area contributed by atoms with Crippen LogP contribution in [0.2, 0.25) is 0 Å². The molecule has 0 saturated heterocycles. The molecule has 0 unspecified atom stereocenters. The average Bonchev–Trinajstić information content (AvgIpc) is 2.38. The number of halogens is 1. The van der Waals surface area contributed by atoms with Crippen molar-refractivity contribution >= 4 is 15.9 Å². The highest BCUT2D eigenvalue weighted by atomic mass is 79.9. The van der Waals surface area contributed by atoms with Crippen LogP contribution in [0.5, 0.6) is 0 Å². The molecule has 0 fully saturated rings. The van der Waals surface area contributed by atoms with Crippen LogP contribution in [0.25, 0.3) is 11.1 Å². The van der Waals surface area contributed by atoms with Crippen molar-refractivity contribution in [3.05, 3.63) is 59.7 Å². The fraction of sp³-hybridized carbons (Fsp3) is 0.294. The maximum absolute atomic E-state index is 3.55. The summed E-state index contributed by atoms with van der Waals surface area (Å²) in [6, 6.07) is 17.5. The molecule has 94 valence electrons. The first kappa shape index (κ1) is 13.4. The lowest BCUT2D eigenvalue weighted by molar-refractivity contribution is 0.590. The maximum atomic E-state index is 3.55. The molecule has 0 aromatic heterocycles. The van der Waals surface area contributed by atoms with Gasteiger partial charge < -0.3 is 0 Å². The number of alkyl halides is 1.